The van der Waals surface area contributed by atoms with Crippen LogP contribution in [0.5, 0.6) is 0 Å². The summed E-state index contributed by atoms with van der Waals surface area (Å²) in [6, 6.07) is 0. The standard InChI is InChI=1S/Na.H5O10P3.6H2O.H/c;1-11(2,3)9-13(7,8)10-12(4,5)6;;;;;;;/h;(H,7,8)(H2,1,2,3)(H2,4,5,6);6*1H2;. The Kier molecular flexibility index (Phi) is 41.1. The van der Waals surface area contributed by atoms with Gasteiger partial charge >= 0.3 is 53.0 Å². The van der Waals surface area contributed by atoms with Crippen LogP contribution in [0.25, 0.3) is 0 Å². The molecule has 0 unspecified atom stereocenters. The number of rotatable bonds is 4. The zero-order valence-electron chi connectivity index (χ0n) is 8.62. The molecule has 0 aliphatic carbocycles. The molecular formula is H18NaO16P3. The van der Waals surface area contributed by atoms with Gasteiger partial charge in [-0.2, -0.15) is 8.62 Å². The Labute approximate surface area is 133 Å². The summed E-state index contributed by atoms with van der Waals surface area (Å²) < 4.78 is 36.4. The van der Waals surface area contributed by atoms with Crippen molar-refractivity contribution in [1.29, 1.82) is 0 Å². The van der Waals surface area contributed by atoms with Gasteiger partial charge in [-0.3, -0.25) is 0 Å². The van der Waals surface area contributed by atoms with E-state index in [1.165, 1.54) is 0 Å². The molecule has 0 fully saturated rings. The zero-order valence-corrected chi connectivity index (χ0v) is 11.3. The van der Waals surface area contributed by atoms with E-state index in [0.717, 1.165) is 0 Å². The van der Waals surface area contributed by atoms with Crippen LogP contribution in [0.2, 0.25) is 0 Å². The van der Waals surface area contributed by atoms with Crippen molar-refractivity contribution in [2.45, 2.75) is 0 Å². The van der Waals surface area contributed by atoms with Gasteiger partial charge in [-0.05, 0) is 0 Å². The maximum atomic E-state index is 10.4. The number of phosphoric acid groups is 3. The molecule has 130 valence electrons. The van der Waals surface area contributed by atoms with Crippen LogP contribution in [0.15, 0.2) is 0 Å². The van der Waals surface area contributed by atoms with Crippen molar-refractivity contribution < 1.29 is 79.6 Å². The van der Waals surface area contributed by atoms with Gasteiger partial charge in [0.05, 0.1) is 0 Å². The van der Waals surface area contributed by atoms with Gasteiger partial charge in [-0.1, -0.05) is 0 Å². The molecule has 0 rings (SSSR count). The van der Waals surface area contributed by atoms with E-state index < -0.39 is 23.5 Å². The van der Waals surface area contributed by atoms with Crippen LogP contribution in [0.1, 0.15) is 0 Å². The molecule has 16 nitrogen and oxygen atoms in total. The second-order valence-electron chi connectivity index (χ2n) is 1.61. The summed E-state index contributed by atoms with van der Waals surface area (Å²) in [4.78, 5) is 40.2. The molecule has 0 atom stereocenters. The van der Waals surface area contributed by atoms with Crippen LogP contribution in [0.4, 0.5) is 0 Å². The molecule has 0 aliphatic heterocycles. The first kappa shape index (κ1) is 49.7. The van der Waals surface area contributed by atoms with Crippen LogP contribution in [-0.4, -0.2) is 86.9 Å². The fourth-order valence-electron chi connectivity index (χ4n) is 0.284. The van der Waals surface area contributed by atoms with Gasteiger partial charge in [0, 0.05) is 0 Å². The van der Waals surface area contributed by atoms with Gasteiger partial charge in [0.25, 0.3) is 0 Å². The Bertz CT molecular complexity index is 280. The molecule has 0 aliphatic rings. The van der Waals surface area contributed by atoms with E-state index in [1.54, 1.807) is 0 Å². The van der Waals surface area contributed by atoms with Gasteiger partial charge in [0.15, 0.2) is 0 Å². The number of hydrogen-bond acceptors (Lipinski definition) is 5. The summed E-state index contributed by atoms with van der Waals surface area (Å²) in [5.74, 6) is 0. The fourth-order valence-corrected chi connectivity index (χ4v) is 2.82. The van der Waals surface area contributed by atoms with Gasteiger partial charge in [-0.25, -0.2) is 13.7 Å². The molecule has 17 N–H and O–H groups in total. The second kappa shape index (κ2) is 16.5. The van der Waals surface area contributed by atoms with Crippen LogP contribution in [0.3, 0.4) is 0 Å². The number of hydrogen-bond donors (Lipinski definition) is 5. The van der Waals surface area contributed by atoms with E-state index in [9.17, 15) is 13.7 Å². The van der Waals surface area contributed by atoms with E-state index in [0.29, 0.717) is 0 Å². The third-order valence-electron chi connectivity index (χ3n) is 0.419. The molecule has 20 heteroatoms. The maximum absolute atomic E-state index is 10.4. The minimum absolute atomic E-state index is 0. The molecule has 0 radical (unpaired) electrons. The normalized spacial score (nSPS) is 9.45. The average Bonchev–Trinajstić information content (AvgIpc) is 1.43. The summed E-state index contributed by atoms with van der Waals surface area (Å²) in [6.45, 7) is 0. The summed E-state index contributed by atoms with van der Waals surface area (Å²) >= 11 is 0. The first-order valence-electron chi connectivity index (χ1n) is 2.28. The Morgan fingerprint density at radius 3 is 0.800 bits per heavy atom. The van der Waals surface area contributed by atoms with E-state index >= 15 is 0 Å². The van der Waals surface area contributed by atoms with Crippen molar-refractivity contribution in [2.75, 3.05) is 0 Å². The van der Waals surface area contributed by atoms with Crippen molar-refractivity contribution in [2.24, 2.45) is 0 Å². The molecule has 0 spiro atoms. The zero-order chi connectivity index (χ0) is 10.9. The van der Waals surface area contributed by atoms with Crippen LogP contribution >= 0.6 is 23.5 Å². The molecule has 0 saturated heterocycles. The Hall–Kier alpha value is 1.17. The molecular weight excluding hydrogens is 372 g/mol. The van der Waals surface area contributed by atoms with Gasteiger partial charge in [0.1, 0.15) is 0 Å². The van der Waals surface area contributed by atoms with Gasteiger partial charge < -0.3 is 57.3 Å². The average molecular weight is 390 g/mol. The Morgan fingerprint density at radius 2 is 0.700 bits per heavy atom. The van der Waals surface area contributed by atoms with Crippen molar-refractivity contribution in [3.8, 4) is 0 Å². The topological polar surface area (TPSA) is 360 Å². The molecule has 0 amide bonds. The monoisotopic (exact) mass is 390 g/mol. The molecule has 0 bridgehead atoms. The third kappa shape index (κ3) is 36.5. The molecule has 0 aromatic heterocycles. The van der Waals surface area contributed by atoms with Gasteiger partial charge in [0.2, 0.25) is 0 Å². The SMILES string of the molecule is O.O.O.O.O.O.O=P(O)(O)OP(=O)(O)OP(=O)(O)O.[NaH]. The van der Waals surface area contributed by atoms with Crippen molar-refractivity contribution in [3.63, 3.8) is 0 Å². The predicted molar refractivity (Wildman–Crippen MR) is 64.9 cm³/mol. The van der Waals surface area contributed by atoms with Crippen LogP contribution in [-0.2, 0) is 22.3 Å². The first-order chi connectivity index (χ1) is 5.41. The minimum atomic E-state index is -5.46. The van der Waals surface area contributed by atoms with Crippen molar-refractivity contribution in [3.05, 3.63) is 0 Å². The van der Waals surface area contributed by atoms with E-state index in [-0.39, 0.29) is 62.4 Å². The predicted octanol–water partition coefficient (Wildman–Crippen LogP) is -6.29. The summed E-state index contributed by atoms with van der Waals surface area (Å²) in [6.07, 6.45) is 0. The van der Waals surface area contributed by atoms with Crippen molar-refractivity contribution >= 4 is 53.0 Å². The fraction of sp³-hybridized carbons (Fsp3) is 0. The van der Waals surface area contributed by atoms with E-state index in [4.69, 9.17) is 24.5 Å². The summed E-state index contributed by atoms with van der Waals surface area (Å²) in [7, 11) is -16.2. The molecule has 0 aromatic carbocycles. The van der Waals surface area contributed by atoms with E-state index in [1.807, 2.05) is 0 Å². The van der Waals surface area contributed by atoms with Gasteiger partial charge in [-0.15, -0.1) is 0 Å². The Balaban J connectivity index is -0.0000000343. The van der Waals surface area contributed by atoms with Crippen LogP contribution in [0, 0.1) is 0 Å². The summed E-state index contributed by atoms with van der Waals surface area (Å²) in [5.41, 5.74) is 0. The molecule has 0 saturated carbocycles. The van der Waals surface area contributed by atoms with E-state index in [2.05, 4.69) is 8.62 Å². The summed E-state index contributed by atoms with van der Waals surface area (Å²) in [5, 5.41) is 0. The Morgan fingerprint density at radius 1 is 0.550 bits per heavy atom. The van der Waals surface area contributed by atoms with Crippen LogP contribution < -0.4 is 0 Å². The quantitative estimate of drug-likeness (QED) is 0.223. The molecule has 20 heavy (non-hydrogen) atoms. The second-order valence-corrected chi connectivity index (χ2v) is 5.82. The molecule has 0 heterocycles. The first-order valence-corrected chi connectivity index (χ1v) is 6.83. The van der Waals surface area contributed by atoms with Crippen molar-refractivity contribution in [1.82, 2.24) is 0 Å². The third-order valence-corrected chi connectivity index (χ3v) is 3.77. The molecule has 0 aromatic rings.